The van der Waals surface area contributed by atoms with E-state index in [1.807, 2.05) is 17.5 Å². The molecule has 0 aliphatic carbocycles. The summed E-state index contributed by atoms with van der Waals surface area (Å²) in [5.74, 6) is 1.20. The van der Waals surface area contributed by atoms with Crippen LogP contribution in [0.15, 0.2) is 48.0 Å². The fourth-order valence-corrected chi connectivity index (χ4v) is 4.80. The Morgan fingerprint density at radius 2 is 2.06 bits per heavy atom. The molecule has 3 aromatic heterocycles. The van der Waals surface area contributed by atoms with Gasteiger partial charge >= 0.3 is 0 Å². The van der Waals surface area contributed by atoms with Crippen molar-refractivity contribution in [3.8, 4) is 16.5 Å². The number of H-pyrrole nitrogens is 1. The van der Waals surface area contributed by atoms with Crippen LogP contribution in [-0.2, 0) is 15.6 Å². The van der Waals surface area contributed by atoms with Crippen molar-refractivity contribution in [2.24, 2.45) is 0 Å². The predicted octanol–water partition coefficient (Wildman–Crippen LogP) is 4.01. The fourth-order valence-electron chi connectivity index (χ4n) is 3.35. The van der Waals surface area contributed by atoms with Gasteiger partial charge in [-0.25, -0.2) is 18.4 Å². The highest BCUT2D eigenvalue weighted by molar-refractivity contribution is 7.89. The van der Waals surface area contributed by atoms with Crippen LogP contribution in [0.4, 0.5) is 5.82 Å². The zero-order valence-electron chi connectivity index (χ0n) is 17.3. The number of imidazole rings is 1. The SMILES string of the molecule is CS(=O)(=O)Cc1ccc(NCCCC(=O)c2ccc(O)c3[nH]c(-c4cccs4)nc23)nc1. The number of carbonyl (C=O) groups is 1. The summed E-state index contributed by atoms with van der Waals surface area (Å²) in [4.78, 5) is 25.6. The Kier molecular flexibility index (Phi) is 6.24. The summed E-state index contributed by atoms with van der Waals surface area (Å²) in [5, 5.41) is 15.3. The molecule has 0 aliphatic rings. The van der Waals surface area contributed by atoms with Crippen molar-refractivity contribution in [3.05, 3.63) is 59.1 Å². The summed E-state index contributed by atoms with van der Waals surface area (Å²) in [6.45, 7) is 0.534. The van der Waals surface area contributed by atoms with Crippen LogP contribution in [0.1, 0.15) is 28.8 Å². The summed E-state index contributed by atoms with van der Waals surface area (Å²) in [5.41, 5.74) is 2.02. The number of phenols is 1. The minimum Gasteiger partial charge on any atom is -0.506 e. The number of carbonyl (C=O) groups excluding carboxylic acids is 1. The van der Waals surface area contributed by atoms with Gasteiger partial charge in [-0.1, -0.05) is 12.1 Å². The Balaban J connectivity index is 1.38. The maximum absolute atomic E-state index is 12.8. The summed E-state index contributed by atoms with van der Waals surface area (Å²) in [7, 11) is -3.10. The third-order valence-electron chi connectivity index (χ3n) is 4.82. The number of hydrogen-bond donors (Lipinski definition) is 3. The highest BCUT2D eigenvalue weighted by Gasteiger charge is 2.17. The second-order valence-corrected chi connectivity index (χ2v) is 10.6. The molecule has 4 aromatic rings. The highest BCUT2D eigenvalue weighted by Crippen LogP contribution is 2.31. The number of thiophene rings is 1. The van der Waals surface area contributed by atoms with E-state index in [4.69, 9.17) is 0 Å². The number of rotatable bonds is 9. The van der Waals surface area contributed by atoms with Crippen molar-refractivity contribution in [1.82, 2.24) is 15.0 Å². The molecule has 0 fully saturated rings. The van der Waals surface area contributed by atoms with Crippen LogP contribution < -0.4 is 5.32 Å². The van der Waals surface area contributed by atoms with Gasteiger partial charge in [0.25, 0.3) is 0 Å². The van der Waals surface area contributed by atoms with Crippen LogP contribution in [0, 0.1) is 0 Å². The molecule has 0 saturated carbocycles. The zero-order valence-corrected chi connectivity index (χ0v) is 19.0. The van der Waals surface area contributed by atoms with Gasteiger partial charge in [-0.2, -0.15) is 0 Å². The highest BCUT2D eigenvalue weighted by atomic mass is 32.2. The van der Waals surface area contributed by atoms with Gasteiger partial charge in [0.15, 0.2) is 15.6 Å². The number of nitrogens with one attached hydrogen (secondary N) is 2. The monoisotopic (exact) mass is 470 g/mol. The van der Waals surface area contributed by atoms with Crippen molar-refractivity contribution < 1.29 is 18.3 Å². The molecule has 8 nitrogen and oxygen atoms in total. The van der Waals surface area contributed by atoms with Crippen molar-refractivity contribution in [1.29, 1.82) is 0 Å². The number of aromatic amines is 1. The van der Waals surface area contributed by atoms with Crippen LogP contribution >= 0.6 is 11.3 Å². The van der Waals surface area contributed by atoms with E-state index in [0.717, 1.165) is 4.88 Å². The molecular weight excluding hydrogens is 448 g/mol. The maximum Gasteiger partial charge on any atom is 0.165 e. The number of nitrogens with zero attached hydrogens (tertiary/aromatic N) is 2. The first-order chi connectivity index (χ1) is 15.3. The largest absolute Gasteiger partial charge is 0.506 e. The molecule has 0 spiro atoms. The van der Waals surface area contributed by atoms with E-state index >= 15 is 0 Å². The lowest BCUT2D eigenvalue weighted by Gasteiger charge is -2.07. The quantitative estimate of drug-likeness (QED) is 0.249. The molecule has 0 unspecified atom stereocenters. The first-order valence-corrected chi connectivity index (χ1v) is 12.9. The summed E-state index contributed by atoms with van der Waals surface area (Å²) >= 11 is 1.53. The van der Waals surface area contributed by atoms with Gasteiger partial charge in [-0.15, -0.1) is 11.3 Å². The molecule has 32 heavy (non-hydrogen) atoms. The van der Waals surface area contributed by atoms with Crippen molar-refractivity contribution in [2.75, 3.05) is 18.1 Å². The summed E-state index contributed by atoms with van der Waals surface area (Å²) < 4.78 is 22.7. The molecule has 0 aliphatic heterocycles. The molecule has 3 heterocycles. The minimum absolute atomic E-state index is 0.0444. The van der Waals surface area contributed by atoms with Crippen LogP contribution in [0.2, 0.25) is 0 Å². The first-order valence-electron chi connectivity index (χ1n) is 9.95. The number of sulfone groups is 1. The Morgan fingerprint density at radius 1 is 1.22 bits per heavy atom. The molecule has 0 amide bonds. The van der Waals surface area contributed by atoms with E-state index in [2.05, 4.69) is 20.3 Å². The molecule has 0 bridgehead atoms. The normalized spacial score (nSPS) is 11.7. The predicted molar refractivity (Wildman–Crippen MR) is 126 cm³/mol. The number of hydrogen-bond acceptors (Lipinski definition) is 8. The van der Waals surface area contributed by atoms with E-state index in [-0.39, 0.29) is 17.3 Å². The van der Waals surface area contributed by atoms with E-state index < -0.39 is 9.84 Å². The number of ketones is 1. The number of anilines is 1. The zero-order chi connectivity index (χ0) is 22.7. The lowest BCUT2D eigenvalue weighted by Crippen LogP contribution is -2.08. The molecule has 4 rings (SSSR count). The lowest BCUT2D eigenvalue weighted by molar-refractivity contribution is 0.0982. The first kappa shape index (κ1) is 22.0. The molecule has 1 aromatic carbocycles. The third kappa shape index (κ3) is 5.14. The summed E-state index contributed by atoms with van der Waals surface area (Å²) in [6, 6.07) is 10.4. The molecule has 0 radical (unpaired) electrons. The van der Waals surface area contributed by atoms with Gasteiger partial charge in [0, 0.05) is 31.0 Å². The van der Waals surface area contributed by atoms with Crippen LogP contribution in [0.3, 0.4) is 0 Å². The van der Waals surface area contributed by atoms with Crippen LogP contribution in [-0.4, -0.2) is 47.1 Å². The average Bonchev–Trinajstić information content (AvgIpc) is 3.41. The smallest absolute Gasteiger partial charge is 0.165 e. The van der Waals surface area contributed by atoms with Gasteiger partial charge in [0.2, 0.25) is 0 Å². The topological polar surface area (TPSA) is 125 Å². The maximum atomic E-state index is 12.8. The Morgan fingerprint density at radius 3 is 2.75 bits per heavy atom. The van der Waals surface area contributed by atoms with Crippen molar-refractivity contribution in [3.63, 3.8) is 0 Å². The van der Waals surface area contributed by atoms with E-state index in [9.17, 15) is 18.3 Å². The molecule has 0 saturated heterocycles. The van der Waals surface area contributed by atoms with E-state index in [1.165, 1.54) is 29.9 Å². The summed E-state index contributed by atoms with van der Waals surface area (Å²) in [6.07, 6.45) is 3.60. The number of pyridine rings is 1. The molecule has 10 heteroatoms. The number of Topliss-reactive ketones (excluding diaryl/α,β-unsaturated/α-hetero) is 1. The van der Waals surface area contributed by atoms with Crippen LogP contribution in [0.25, 0.3) is 21.7 Å². The number of fused-ring (bicyclic) bond motifs is 1. The Bertz CT molecular complexity index is 1340. The average molecular weight is 471 g/mol. The van der Waals surface area contributed by atoms with Gasteiger partial charge in [-0.05, 0) is 41.6 Å². The third-order valence-corrected chi connectivity index (χ3v) is 6.55. The number of phenolic OH excluding ortho intramolecular Hbond substituents is 1. The Hall–Kier alpha value is -3.24. The van der Waals surface area contributed by atoms with Gasteiger partial charge in [0.1, 0.15) is 28.4 Å². The molecular formula is C22H22N4O4S2. The number of aromatic hydroxyl groups is 1. The van der Waals surface area contributed by atoms with Crippen molar-refractivity contribution in [2.45, 2.75) is 18.6 Å². The van der Waals surface area contributed by atoms with Gasteiger partial charge in [0.05, 0.1) is 10.6 Å². The Labute approximate surface area is 189 Å². The standard InChI is InChI=1S/C22H22N4O4S2/c1-32(29,30)13-14-6-9-19(24-12-14)23-10-2-4-16(27)15-7-8-17(28)21-20(15)25-22(26-21)18-5-3-11-31-18/h3,5-9,11-12,28H,2,4,10,13H2,1H3,(H,23,24)(H,25,26). The van der Waals surface area contributed by atoms with Crippen LogP contribution in [0.5, 0.6) is 5.75 Å². The fraction of sp³-hybridized carbons (Fsp3) is 0.227. The van der Waals surface area contributed by atoms with Gasteiger partial charge in [-0.3, -0.25) is 4.79 Å². The number of benzene rings is 1. The second kappa shape index (κ2) is 9.09. The molecule has 166 valence electrons. The van der Waals surface area contributed by atoms with E-state index in [1.54, 1.807) is 18.2 Å². The minimum atomic E-state index is -3.10. The number of aromatic nitrogens is 3. The van der Waals surface area contributed by atoms with Crippen molar-refractivity contribution >= 4 is 43.8 Å². The van der Waals surface area contributed by atoms with Gasteiger partial charge < -0.3 is 15.4 Å². The lowest BCUT2D eigenvalue weighted by atomic mass is 10.0. The van der Waals surface area contributed by atoms with E-state index in [0.29, 0.717) is 53.2 Å². The molecule has 3 N–H and O–H groups in total. The second-order valence-electron chi connectivity index (χ2n) is 7.49. The molecule has 0 atom stereocenters.